The van der Waals surface area contributed by atoms with Crippen molar-refractivity contribution in [1.29, 1.82) is 0 Å². The third-order valence-electron chi connectivity index (χ3n) is 2.66. The van der Waals surface area contributed by atoms with E-state index < -0.39 is 4.92 Å². The summed E-state index contributed by atoms with van der Waals surface area (Å²) in [7, 11) is 1.55. The van der Waals surface area contributed by atoms with Crippen molar-refractivity contribution >= 4 is 32.5 Å². The van der Waals surface area contributed by atoms with Crippen LogP contribution >= 0.6 is 15.9 Å². The molecule has 1 aromatic carbocycles. The van der Waals surface area contributed by atoms with Gasteiger partial charge in [-0.2, -0.15) is 5.10 Å². The van der Waals surface area contributed by atoms with E-state index in [2.05, 4.69) is 21.0 Å². The molecular formula is C11H12BrN3O4. The number of ether oxygens (including phenoxy) is 2. The predicted octanol–water partition coefficient (Wildman–Crippen LogP) is 2.67. The molecule has 0 saturated heterocycles. The molecule has 19 heavy (non-hydrogen) atoms. The van der Waals surface area contributed by atoms with E-state index in [1.54, 1.807) is 24.8 Å². The number of fused-ring (bicyclic) bond motifs is 1. The number of nitro groups is 1. The van der Waals surface area contributed by atoms with Gasteiger partial charge in [0.25, 0.3) is 5.69 Å². The highest BCUT2D eigenvalue weighted by atomic mass is 79.9. The van der Waals surface area contributed by atoms with Gasteiger partial charge in [-0.15, -0.1) is 0 Å². The zero-order chi connectivity index (χ0) is 14.0. The predicted molar refractivity (Wildman–Crippen MR) is 71.6 cm³/mol. The largest absolute Gasteiger partial charge is 0.356 e. The Hall–Kier alpha value is -1.51. The van der Waals surface area contributed by atoms with Crippen molar-refractivity contribution in [3.63, 3.8) is 0 Å². The van der Waals surface area contributed by atoms with Gasteiger partial charge in [-0.25, -0.2) is 4.68 Å². The van der Waals surface area contributed by atoms with Crippen molar-refractivity contribution in [3.8, 4) is 0 Å². The van der Waals surface area contributed by atoms with Crippen molar-refractivity contribution < 1.29 is 14.4 Å². The summed E-state index contributed by atoms with van der Waals surface area (Å²) in [5.41, 5.74) is 0.778. The molecule has 0 aliphatic rings. The molecule has 0 saturated carbocycles. The SMILES string of the molecule is COC(C)OCn1nc(Br)c2cc([N+](=O)[O-])ccc21. The lowest BCUT2D eigenvalue weighted by Gasteiger charge is -2.11. The average molecular weight is 330 g/mol. The van der Waals surface area contributed by atoms with Gasteiger partial charge in [0.15, 0.2) is 6.29 Å². The van der Waals surface area contributed by atoms with Crippen molar-refractivity contribution in [2.45, 2.75) is 19.9 Å². The minimum atomic E-state index is -0.438. The van der Waals surface area contributed by atoms with E-state index in [9.17, 15) is 10.1 Å². The summed E-state index contributed by atoms with van der Waals surface area (Å²) < 4.78 is 12.5. The average Bonchev–Trinajstić information content (AvgIpc) is 2.72. The van der Waals surface area contributed by atoms with Crippen LogP contribution in [-0.4, -0.2) is 28.1 Å². The number of hydrogen-bond donors (Lipinski definition) is 0. The Labute approximate surface area is 117 Å². The molecule has 1 atom stereocenters. The molecule has 0 spiro atoms. The Balaban J connectivity index is 2.34. The van der Waals surface area contributed by atoms with Gasteiger partial charge < -0.3 is 9.47 Å². The van der Waals surface area contributed by atoms with Crippen molar-refractivity contribution in [1.82, 2.24) is 9.78 Å². The number of benzene rings is 1. The minimum Gasteiger partial charge on any atom is -0.356 e. The monoisotopic (exact) mass is 329 g/mol. The Morgan fingerprint density at radius 3 is 2.95 bits per heavy atom. The standard InChI is InChI=1S/C11H12BrN3O4/c1-7(18-2)19-6-14-10-4-3-8(15(16)17)5-9(10)11(12)13-14/h3-5,7H,6H2,1-2H3. The first kappa shape index (κ1) is 13.9. The lowest BCUT2D eigenvalue weighted by molar-refractivity contribution is -0.384. The van der Waals surface area contributed by atoms with Gasteiger partial charge in [0.05, 0.1) is 10.4 Å². The first-order valence-corrected chi connectivity index (χ1v) is 6.27. The number of halogens is 1. The summed E-state index contributed by atoms with van der Waals surface area (Å²) in [6, 6.07) is 4.56. The molecule has 0 fully saturated rings. The highest BCUT2D eigenvalue weighted by molar-refractivity contribution is 9.10. The number of hydrogen-bond acceptors (Lipinski definition) is 5. The number of non-ortho nitro benzene ring substituents is 1. The van der Waals surface area contributed by atoms with Gasteiger partial charge in [-0.1, -0.05) is 0 Å². The first-order valence-electron chi connectivity index (χ1n) is 5.47. The Bertz CT molecular complexity index is 613. The number of nitro benzene ring substituents is 1. The zero-order valence-corrected chi connectivity index (χ0v) is 12.0. The number of rotatable bonds is 5. The lowest BCUT2D eigenvalue weighted by Crippen LogP contribution is -2.14. The molecule has 102 valence electrons. The van der Waals surface area contributed by atoms with Crippen molar-refractivity contribution in [2.24, 2.45) is 0 Å². The lowest BCUT2D eigenvalue weighted by atomic mass is 10.2. The van der Waals surface area contributed by atoms with Gasteiger partial charge in [-0.05, 0) is 28.9 Å². The second-order valence-electron chi connectivity index (χ2n) is 3.85. The third-order valence-corrected chi connectivity index (χ3v) is 3.25. The number of methoxy groups -OCH3 is 1. The van der Waals surface area contributed by atoms with Crippen LogP contribution in [0.4, 0.5) is 5.69 Å². The van der Waals surface area contributed by atoms with Crippen molar-refractivity contribution in [3.05, 3.63) is 32.9 Å². The van der Waals surface area contributed by atoms with Gasteiger partial charge in [0, 0.05) is 24.6 Å². The van der Waals surface area contributed by atoms with Crippen LogP contribution in [0.5, 0.6) is 0 Å². The summed E-state index contributed by atoms with van der Waals surface area (Å²) in [6.07, 6.45) is -0.351. The zero-order valence-electron chi connectivity index (χ0n) is 10.4. The van der Waals surface area contributed by atoms with Gasteiger partial charge in [0.1, 0.15) is 11.3 Å². The van der Waals surface area contributed by atoms with E-state index in [0.717, 1.165) is 5.52 Å². The molecule has 2 aromatic rings. The van der Waals surface area contributed by atoms with E-state index in [0.29, 0.717) is 9.99 Å². The molecule has 1 aromatic heterocycles. The summed E-state index contributed by atoms with van der Waals surface area (Å²) in [4.78, 5) is 10.3. The fraction of sp³-hybridized carbons (Fsp3) is 0.364. The second kappa shape index (κ2) is 5.64. The molecular weight excluding hydrogens is 318 g/mol. The topological polar surface area (TPSA) is 79.4 Å². The maximum absolute atomic E-state index is 10.7. The Kier molecular flexibility index (Phi) is 4.13. The third kappa shape index (κ3) is 2.91. The van der Waals surface area contributed by atoms with Crippen LogP contribution in [0.2, 0.25) is 0 Å². The quantitative estimate of drug-likeness (QED) is 0.478. The summed E-state index contributed by atoms with van der Waals surface area (Å²) in [5.74, 6) is 0. The molecule has 0 aliphatic carbocycles. The highest BCUT2D eigenvalue weighted by Gasteiger charge is 2.14. The molecule has 0 aliphatic heterocycles. The molecule has 0 N–H and O–H groups in total. The molecule has 7 nitrogen and oxygen atoms in total. The van der Waals surface area contributed by atoms with Gasteiger partial charge >= 0.3 is 0 Å². The van der Waals surface area contributed by atoms with Gasteiger partial charge in [0.2, 0.25) is 0 Å². The summed E-state index contributed by atoms with van der Waals surface area (Å²) in [5, 5.41) is 15.6. The molecule has 0 bridgehead atoms. The smallest absolute Gasteiger partial charge is 0.270 e. The number of aromatic nitrogens is 2. The van der Waals surface area contributed by atoms with Crippen LogP contribution in [0.3, 0.4) is 0 Å². The van der Waals surface area contributed by atoms with Gasteiger partial charge in [-0.3, -0.25) is 10.1 Å². The fourth-order valence-corrected chi connectivity index (χ4v) is 2.09. The molecule has 0 amide bonds. The van der Waals surface area contributed by atoms with E-state index >= 15 is 0 Å². The van der Waals surface area contributed by atoms with Crippen LogP contribution in [0, 0.1) is 10.1 Å². The van der Waals surface area contributed by atoms with Crippen LogP contribution < -0.4 is 0 Å². The Morgan fingerprint density at radius 2 is 2.32 bits per heavy atom. The Morgan fingerprint density at radius 1 is 1.58 bits per heavy atom. The molecule has 1 unspecified atom stereocenters. The van der Waals surface area contributed by atoms with E-state index in [1.165, 1.54) is 12.1 Å². The normalized spacial score (nSPS) is 12.8. The summed E-state index contributed by atoms with van der Waals surface area (Å²) in [6.45, 7) is 1.97. The van der Waals surface area contributed by atoms with E-state index in [1.807, 2.05) is 0 Å². The molecule has 2 rings (SSSR count). The molecule has 1 heterocycles. The molecule has 8 heteroatoms. The van der Waals surface area contributed by atoms with E-state index in [-0.39, 0.29) is 18.7 Å². The maximum Gasteiger partial charge on any atom is 0.270 e. The van der Waals surface area contributed by atoms with E-state index in [4.69, 9.17) is 9.47 Å². The minimum absolute atomic E-state index is 0.0268. The maximum atomic E-state index is 10.7. The van der Waals surface area contributed by atoms with Crippen LogP contribution in [0.25, 0.3) is 10.9 Å². The first-order chi connectivity index (χ1) is 9.02. The van der Waals surface area contributed by atoms with Crippen LogP contribution in [0.15, 0.2) is 22.8 Å². The van der Waals surface area contributed by atoms with Crippen LogP contribution in [-0.2, 0) is 16.2 Å². The van der Waals surface area contributed by atoms with Crippen LogP contribution in [0.1, 0.15) is 6.92 Å². The van der Waals surface area contributed by atoms with Crippen molar-refractivity contribution in [2.75, 3.05) is 7.11 Å². The second-order valence-corrected chi connectivity index (χ2v) is 4.60. The highest BCUT2D eigenvalue weighted by Crippen LogP contribution is 2.27. The molecule has 0 radical (unpaired) electrons. The number of nitrogens with zero attached hydrogens (tertiary/aromatic N) is 3. The summed E-state index contributed by atoms with van der Waals surface area (Å²) >= 11 is 3.28. The fourth-order valence-electron chi connectivity index (χ4n) is 1.58.